The van der Waals surface area contributed by atoms with Crippen LogP contribution in [-0.2, 0) is 11.0 Å². The van der Waals surface area contributed by atoms with Gasteiger partial charge in [-0.3, -0.25) is 4.79 Å². The van der Waals surface area contributed by atoms with E-state index in [0.29, 0.717) is 6.07 Å². The number of carbonyl (C=O) groups excluding carboxylic acids is 2. The molecule has 0 heterocycles. The van der Waals surface area contributed by atoms with Crippen molar-refractivity contribution in [3.8, 4) is 0 Å². The number of carboxylic acids is 1. The van der Waals surface area contributed by atoms with Crippen molar-refractivity contribution in [2.75, 3.05) is 0 Å². The van der Waals surface area contributed by atoms with E-state index in [1.807, 2.05) is 0 Å². The summed E-state index contributed by atoms with van der Waals surface area (Å²) >= 11 is 0. The van der Waals surface area contributed by atoms with E-state index in [1.54, 1.807) is 0 Å². The second-order valence-electron chi connectivity index (χ2n) is 3.25. The molecule has 3 nitrogen and oxygen atoms in total. The van der Waals surface area contributed by atoms with Gasteiger partial charge in [-0.1, -0.05) is 0 Å². The van der Waals surface area contributed by atoms with Gasteiger partial charge < -0.3 is 9.90 Å². The van der Waals surface area contributed by atoms with Gasteiger partial charge in [0.1, 0.15) is 17.2 Å². The highest BCUT2D eigenvalue weighted by Gasteiger charge is 2.39. The number of carboxylic acid groups (broad SMARTS) is 1. The molecule has 0 unspecified atom stereocenters. The maximum Gasteiger partial charge on any atom is 0.422 e. The van der Waals surface area contributed by atoms with Gasteiger partial charge in [0.25, 0.3) is 0 Å². The minimum Gasteiger partial charge on any atom is -0.550 e. The molecule has 18 heavy (non-hydrogen) atoms. The molecule has 0 N–H and O–H groups in total. The molecule has 0 saturated heterocycles. The van der Waals surface area contributed by atoms with E-state index < -0.39 is 47.1 Å². The lowest BCUT2D eigenvalue weighted by Crippen LogP contribution is -2.26. The lowest BCUT2D eigenvalue weighted by atomic mass is 10.0. The molecule has 0 aliphatic carbocycles. The van der Waals surface area contributed by atoms with Gasteiger partial charge in [0.05, 0.1) is 12.0 Å². The first kappa shape index (κ1) is 14.1. The Kier molecular flexibility index (Phi) is 3.68. The van der Waals surface area contributed by atoms with Gasteiger partial charge in [0.15, 0.2) is 5.78 Å². The van der Waals surface area contributed by atoms with Crippen molar-refractivity contribution < 1.29 is 36.6 Å². The van der Waals surface area contributed by atoms with Gasteiger partial charge in [0, 0.05) is 5.97 Å². The normalized spacial score (nSPS) is 11.4. The fourth-order valence-electron chi connectivity index (χ4n) is 1.25. The van der Waals surface area contributed by atoms with Gasteiger partial charge >= 0.3 is 6.18 Å². The lowest BCUT2D eigenvalue weighted by Gasteiger charge is -2.11. The zero-order valence-corrected chi connectivity index (χ0v) is 8.48. The molecule has 0 radical (unpaired) electrons. The molecule has 1 aromatic carbocycles. The third-order valence-corrected chi connectivity index (χ3v) is 1.98. The molecule has 0 aliphatic heterocycles. The third kappa shape index (κ3) is 2.82. The van der Waals surface area contributed by atoms with Gasteiger partial charge in [-0.05, 0) is 12.1 Å². The second kappa shape index (κ2) is 4.71. The number of Topliss-reactive ketones (excluding diaryl/α,β-unsaturated/α-hetero) is 1. The number of benzene rings is 1. The summed E-state index contributed by atoms with van der Waals surface area (Å²) in [6, 6.07) is 0.694. The Morgan fingerprint density at radius 2 is 1.72 bits per heavy atom. The molecule has 1 aromatic rings. The van der Waals surface area contributed by atoms with E-state index in [4.69, 9.17) is 0 Å². The van der Waals surface area contributed by atoms with Crippen LogP contribution in [0, 0.1) is 11.6 Å². The van der Waals surface area contributed by atoms with Crippen LogP contribution in [0.15, 0.2) is 12.1 Å². The zero-order chi connectivity index (χ0) is 14.1. The number of hydrogen-bond acceptors (Lipinski definition) is 3. The summed E-state index contributed by atoms with van der Waals surface area (Å²) in [4.78, 5) is 21.2. The predicted octanol–water partition coefficient (Wildman–Crippen LogP) is 1.31. The summed E-state index contributed by atoms with van der Waals surface area (Å²) in [5.41, 5.74) is -3.38. The first-order valence-corrected chi connectivity index (χ1v) is 4.43. The molecule has 0 aromatic heterocycles. The van der Waals surface area contributed by atoms with E-state index >= 15 is 0 Å². The lowest BCUT2D eigenvalue weighted by molar-refractivity contribution is -0.304. The highest BCUT2D eigenvalue weighted by molar-refractivity contribution is 6.05. The smallest absolute Gasteiger partial charge is 0.422 e. The average Bonchev–Trinajstić information content (AvgIpc) is 2.13. The van der Waals surface area contributed by atoms with Gasteiger partial charge in [0.2, 0.25) is 0 Å². The maximum absolute atomic E-state index is 13.3. The number of halogens is 5. The maximum atomic E-state index is 13.3. The van der Waals surface area contributed by atoms with Crippen molar-refractivity contribution in [2.45, 2.75) is 12.6 Å². The number of ketones is 1. The van der Waals surface area contributed by atoms with Crippen molar-refractivity contribution in [1.82, 2.24) is 0 Å². The highest BCUT2D eigenvalue weighted by atomic mass is 19.4. The van der Waals surface area contributed by atoms with Crippen LogP contribution in [0.4, 0.5) is 22.0 Å². The molecule has 98 valence electrons. The van der Waals surface area contributed by atoms with Crippen LogP contribution in [-0.4, -0.2) is 11.8 Å². The molecule has 0 saturated carbocycles. The monoisotopic (exact) mass is 267 g/mol. The number of hydrogen-bond donors (Lipinski definition) is 0. The van der Waals surface area contributed by atoms with Crippen molar-refractivity contribution in [2.24, 2.45) is 0 Å². The standard InChI is InChI=1S/C10H5F5O3/c11-5-2-1-4(6(16)3-7(17)18)9(12)8(5)10(13,14)15/h1-2H,3H2,(H,17,18)/p-1. The molecule has 0 atom stereocenters. The molecular formula is C10H4F5O3-. The molecular weight excluding hydrogens is 263 g/mol. The van der Waals surface area contributed by atoms with Crippen molar-refractivity contribution in [3.05, 3.63) is 34.9 Å². The molecule has 0 aliphatic rings. The van der Waals surface area contributed by atoms with Crippen LogP contribution < -0.4 is 5.11 Å². The van der Waals surface area contributed by atoms with Gasteiger partial charge in [-0.15, -0.1) is 0 Å². The molecule has 0 fully saturated rings. The molecule has 0 spiro atoms. The number of carbonyl (C=O) groups is 2. The molecule has 0 bridgehead atoms. The fourth-order valence-corrected chi connectivity index (χ4v) is 1.25. The first-order chi connectivity index (χ1) is 8.14. The Morgan fingerprint density at radius 1 is 1.17 bits per heavy atom. The Morgan fingerprint density at radius 3 is 2.17 bits per heavy atom. The molecule has 8 heteroatoms. The summed E-state index contributed by atoms with van der Waals surface area (Å²) in [5, 5.41) is 10.1. The summed E-state index contributed by atoms with van der Waals surface area (Å²) in [5.74, 6) is -7.32. The quantitative estimate of drug-likeness (QED) is 0.471. The van der Waals surface area contributed by atoms with Crippen molar-refractivity contribution in [3.63, 3.8) is 0 Å². The molecule has 0 amide bonds. The predicted molar refractivity (Wildman–Crippen MR) is 45.3 cm³/mol. The highest BCUT2D eigenvalue weighted by Crippen LogP contribution is 2.34. The van der Waals surface area contributed by atoms with Crippen molar-refractivity contribution in [1.29, 1.82) is 0 Å². The Labute approximate surface area is 96.8 Å². The van der Waals surface area contributed by atoms with Crippen LogP contribution >= 0.6 is 0 Å². The average molecular weight is 267 g/mol. The van der Waals surface area contributed by atoms with Crippen LogP contribution in [0.3, 0.4) is 0 Å². The van der Waals surface area contributed by atoms with E-state index in [9.17, 15) is 36.6 Å². The summed E-state index contributed by atoms with van der Waals surface area (Å²) in [6.07, 6.45) is -6.62. The third-order valence-electron chi connectivity index (χ3n) is 1.98. The largest absolute Gasteiger partial charge is 0.550 e. The number of alkyl halides is 3. The van der Waals surface area contributed by atoms with Gasteiger partial charge in [-0.25, -0.2) is 8.78 Å². The summed E-state index contributed by atoms with van der Waals surface area (Å²) in [7, 11) is 0. The summed E-state index contributed by atoms with van der Waals surface area (Å²) < 4.78 is 63.1. The van der Waals surface area contributed by atoms with Crippen LogP contribution in [0.5, 0.6) is 0 Å². The second-order valence-corrected chi connectivity index (χ2v) is 3.25. The Balaban J connectivity index is 3.34. The Bertz CT molecular complexity index is 507. The van der Waals surface area contributed by atoms with E-state index in [-0.39, 0.29) is 6.07 Å². The van der Waals surface area contributed by atoms with E-state index in [2.05, 4.69) is 0 Å². The minimum absolute atomic E-state index is 0.244. The first-order valence-electron chi connectivity index (χ1n) is 4.43. The van der Waals surface area contributed by atoms with E-state index in [0.717, 1.165) is 0 Å². The SMILES string of the molecule is O=C([O-])CC(=O)c1ccc(F)c(C(F)(F)F)c1F. The number of rotatable bonds is 3. The van der Waals surface area contributed by atoms with Crippen molar-refractivity contribution >= 4 is 11.8 Å². The van der Waals surface area contributed by atoms with Crippen LogP contribution in [0.25, 0.3) is 0 Å². The van der Waals surface area contributed by atoms with Gasteiger partial charge in [-0.2, -0.15) is 13.2 Å². The zero-order valence-electron chi connectivity index (χ0n) is 8.48. The van der Waals surface area contributed by atoms with Crippen LogP contribution in [0.2, 0.25) is 0 Å². The van der Waals surface area contributed by atoms with Crippen LogP contribution in [0.1, 0.15) is 22.3 Å². The van der Waals surface area contributed by atoms with E-state index in [1.165, 1.54) is 0 Å². The minimum atomic E-state index is -5.33. The Hall–Kier alpha value is -1.99. The molecule has 1 rings (SSSR count). The summed E-state index contributed by atoms with van der Waals surface area (Å²) in [6.45, 7) is 0. The number of aliphatic carboxylic acids is 1. The topological polar surface area (TPSA) is 57.2 Å². The fraction of sp³-hybridized carbons (Fsp3) is 0.200.